The highest BCUT2D eigenvalue weighted by Crippen LogP contribution is 2.39. The van der Waals surface area contributed by atoms with E-state index in [1.54, 1.807) is 0 Å². The SMILES string of the molecule is Cc1cccnc1-n1c2ccccc2c2ccc(Oc3cc(Oc4ccc5c6ccccc6n(-c6ncccc6C)c5c4)cc(-c4ncncn4)c3)cc21. The van der Waals surface area contributed by atoms with Crippen LogP contribution in [0.2, 0.25) is 0 Å². The summed E-state index contributed by atoms with van der Waals surface area (Å²) >= 11 is 0. The largest absolute Gasteiger partial charge is 0.457 e. The number of nitrogens with zero attached hydrogens (tertiary/aromatic N) is 7. The zero-order valence-corrected chi connectivity index (χ0v) is 29.4. The van der Waals surface area contributed by atoms with E-state index in [1.165, 1.54) is 12.7 Å². The molecule has 0 radical (unpaired) electrons. The number of para-hydroxylation sites is 2. The van der Waals surface area contributed by atoms with Gasteiger partial charge in [-0.2, -0.15) is 0 Å². The van der Waals surface area contributed by atoms with Crippen LogP contribution < -0.4 is 9.47 Å². The molecule has 0 spiro atoms. The van der Waals surface area contributed by atoms with Gasteiger partial charge in [-0.1, -0.05) is 48.5 Å². The third-order valence-electron chi connectivity index (χ3n) is 9.78. The molecule has 54 heavy (non-hydrogen) atoms. The van der Waals surface area contributed by atoms with Crippen LogP contribution >= 0.6 is 0 Å². The minimum Gasteiger partial charge on any atom is -0.457 e. The number of hydrogen-bond donors (Lipinski definition) is 0. The zero-order valence-electron chi connectivity index (χ0n) is 29.4. The second kappa shape index (κ2) is 12.7. The summed E-state index contributed by atoms with van der Waals surface area (Å²) in [6.07, 6.45) is 6.62. The third kappa shape index (κ3) is 5.29. The van der Waals surface area contributed by atoms with E-state index >= 15 is 0 Å². The molecule has 0 aliphatic rings. The van der Waals surface area contributed by atoms with Crippen molar-refractivity contribution in [1.82, 2.24) is 34.1 Å². The maximum Gasteiger partial charge on any atom is 0.162 e. The van der Waals surface area contributed by atoms with Gasteiger partial charge < -0.3 is 9.47 Å². The highest BCUT2D eigenvalue weighted by molar-refractivity contribution is 6.10. The predicted octanol–water partition coefficient (Wildman–Crippen LogP) is 10.7. The Hall–Kier alpha value is -7.39. The van der Waals surface area contributed by atoms with E-state index < -0.39 is 0 Å². The molecular weight excluding hydrogens is 671 g/mol. The Morgan fingerprint density at radius 2 is 0.907 bits per heavy atom. The van der Waals surface area contributed by atoms with Crippen molar-refractivity contribution in [1.29, 1.82) is 0 Å². The fraction of sp³-hybridized carbons (Fsp3) is 0.0444. The number of aryl methyl sites for hydroxylation is 2. The van der Waals surface area contributed by atoms with Gasteiger partial charge in [-0.15, -0.1) is 0 Å². The minimum atomic E-state index is 0.503. The van der Waals surface area contributed by atoms with Crippen LogP contribution in [-0.2, 0) is 0 Å². The summed E-state index contributed by atoms with van der Waals surface area (Å²) in [4.78, 5) is 22.4. The minimum absolute atomic E-state index is 0.503. The van der Waals surface area contributed by atoms with Crippen molar-refractivity contribution >= 4 is 43.6 Å². The molecule has 5 heterocycles. The van der Waals surface area contributed by atoms with Crippen molar-refractivity contribution in [3.8, 4) is 46.0 Å². The summed E-state index contributed by atoms with van der Waals surface area (Å²) in [6.45, 7) is 4.16. The Kier molecular flexibility index (Phi) is 7.36. The lowest BCUT2D eigenvalue weighted by Crippen LogP contribution is -2.00. The van der Waals surface area contributed by atoms with Crippen LogP contribution in [-0.4, -0.2) is 34.1 Å². The average Bonchev–Trinajstić information content (AvgIpc) is 3.70. The fourth-order valence-electron chi connectivity index (χ4n) is 7.39. The smallest absolute Gasteiger partial charge is 0.162 e. The summed E-state index contributed by atoms with van der Waals surface area (Å²) in [6, 6.07) is 42.9. The van der Waals surface area contributed by atoms with E-state index in [1.807, 2.05) is 54.9 Å². The van der Waals surface area contributed by atoms with Gasteiger partial charge in [-0.25, -0.2) is 24.9 Å². The lowest BCUT2D eigenvalue weighted by Gasteiger charge is -2.13. The molecule has 10 rings (SSSR count). The van der Waals surface area contributed by atoms with Gasteiger partial charge in [-0.05, 0) is 85.6 Å². The van der Waals surface area contributed by atoms with Crippen LogP contribution in [0.15, 0.2) is 152 Å². The first-order valence-electron chi connectivity index (χ1n) is 17.6. The number of aromatic nitrogens is 7. The van der Waals surface area contributed by atoms with E-state index in [-0.39, 0.29) is 0 Å². The monoisotopic (exact) mass is 701 g/mol. The summed E-state index contributed by atoms with van der Waals surface area (Å²) in [5.74, 6) is 4.72. The van der Waals surface area contributed by atoms with Gasteiger partial charge in [-0.3, -0.25) is 9.13 Å². The van der Waals surface area contributed by atoms with Crippen molar-refractivity contribution in [2.75, 3.05) is 0 Å². The van der Waals surface area contributed by atoms with Gasteiger partial charge in [0, 0.05) is 57.7 Å². The highest BCUT2D eigenvalue weighted by Gasteiger charge is 2.18. The molecule has 0 bridgehead atoms. The second-order valence-corrected chi connectivity index (χ2v) is 13.2. The van der Waals surface area contributed by atoms with E-state index in [0.29, 0.717) is 28.8 Å². The Bertz CT molecular complexity index is 2860. The molecule has 0 saturated carbocycles. The van der Waals surface area contributed by atoms with Crippen molar-refractivity contribution in [3.63, 3.8) is 0 Å². The van der Waals surface area contributed by atoms with Crippen molar-refractivity contribution in [2.24, 2.45) is 0 Å². The molecule has 9 heteroatoms. The van der Waals surface area contributed by atoms with Gasteiger partial charge in [0.1, 0.15) is 47.3 Å². The third-order valence-corrected chi connectivity index (χ3v) is 9.78. The van der Waals surface area contributed by atoms with Gasteiger partial charge >= 0.3 is 0 Å². The van der Waals surface area contributed by atoms with Crippen LogP contribution in [0.4, 0.5) is 0 Å². The molecule has 5 aromatic carbocycles. The Labute approximate surface area is 309 Å². The highest BCUT2D eigenvalue weighted by atomic mass is 16.5. The molecule has 0 fully saturated rings. The molecule has 0 amide bonds. The predicted molar refractivity (Wildman–Crippen MR) is 212 cm³/mol. The summed E-state index contributed by atoms with van der Waals surface area (Å²) in [5, 5.41) is 4.51. The average molecular weight is 702 g/mol. The lowest BCUT2D eigenvalue weighted by atomic mass is 10.1. The first-order chi connectivity index (χ1) is 26.6. The van der Waals surface area contributed by atoms with Crippen LogP contribution in [0.1, 0.15) is 11.1 Å². The molecule has 0 N–H and O–H groups in total. The molecule has 0 aliphatic heterocycles. The molecule has 258 valence electrons. The first kappa shape index (κ1) is 31.4. The Balaban J connectivity index is 1.08. The molecule has 0 atom stereocenters. The number of ether oxygens (including phenoxy) is 2. The summed E-state index contributed by atoms with van der Waals surface area (Å²) < 4.78 is 17.7. The quantitative estimate of drug-likeness (QED) is 0.163. The number of rotatable bonds is 7. The summed E-state index contributed by atoms with van der Waals surface area (Å²) in [7, 11) is 0. The summed E-state index contributed by atoms with van der Waals surface area (Å²) in [5.41, 5.74) is 7.02. The second-order valence-electron chi connectivity index (χ2n) is 13.2. The molecule has 10 aromatic rings. The van der Waals surface area contributed by atoms with E-state index in [9.17, 15) is 0 Å². The number of fused-ring (bicyclic) bond motifs is 6. The van der Waals surface area contributed by atoms with Crippen molar-refractivity contribution in [3.05, 3.63) is 164 Å². The van der Waals surface area contributed by atoms with Crippen LogP contribution in [0.25, 0.3) is 66.6 Å². The van der Waals surface area contributed by atoms with Gasteiger partial charge in [0.25, 0.3) is 0 Å². The molecular formula is C45H31N7O2. The first-order valence-corrected chi connectivity index (χ1v) is 17.6. The number of hydrogen-bond acceptors (Lipinski definition) is 7. The standard InChI is InChI=1S/C45H31N7O2/c1-28-9-7-19-47-44(28)51-39-13-5-3-11-35(39)37-17-15-31(24-41(37)51)53-33-21-30(43-49-26-46-27-50-43)22-34(23-33)54-32-16-18-38-36-12-4-6-14-40(36)52(42(38)25-32)45-29(2)10-8-20-48-45/h3-27H,1-2H3. The molecule has 0 saturated heterocycles. The zero-order chi connectivity index (χ0) is 36.2. The number of pyridine rings is 2. The van der Waals surface area contributed by atoms with Gasteiger partial charge in [0.15, 0.2) is 5.82 Å². The van der Waals surface area contributed by atoms with E-state index in [2.05, 4.69) is 123 Å². The van der Waals surface area contributed by atoms with Crippen molar-refractivity contribution in [2.45, 2.75) is 13.8 Å². The van der Waals surface area contributed by atoms with E-state index in [4.69, 9.17) is 19.4 Å². The van der Waals surface area contributed by atoms with Crippen LogP contribution in [0.3, 0.4) is 0 Å². The van der Waals surface area contributed by atoms with E-state index in [0.717, 1.165) is 71.9 Å². The molecule has 0 aliphatic carbocycles. The maximum atomic E-state index is 6.65. The topological polar surface area (TPSA) is 92.8 Å². The Morgan fingerprint density at radius 3 is 1.41 bits per heavy atom. The lowest BCUT2D eigenvalue weighted by molar-refractivity contribution is 0.461. The molecule has 5 aromatic heterocycles. The van der Waals surface area contributed by atoms with Crippen LogP contribution in [0.5, 0.6) is 23.0 Å². The van der Waals surface area contributed by atoms with Crippen molar-refractivity contribution < 1.29 is 9.47 Å². The normalized spacial score (nSPS) is 11.5. The number of benzene rings is 5. The Morgan fingerprint density at radius 1 is 0.426 bits per heavy atom. The van der Waals surface area contributed by atoms with Gasteiger partial charge in [0.05, 0.1) is 22.1 Å². The molecule has 9 nitrogen and oxygen atoms in total. The van der Waals surface area contributed by atoms with Crippen LogP contribution in [0, 0.1) is 13.8 Å². The molecule has 0 unspecified atom stereocenters. The van der Waals surface area contributed by atoms with Gasteiger partial charge in [0.2, 0.25) is 0 Å². The fourth-order valence-corrected chi connectivity index (χ4v) is 7.39. The maximum absolute atomic E-state index is 6.65.